The highest BCUT2D eigenvalue weighted by atomic mass is 127. The van der Waals surface area contributed by atoms with Crippen LogP contribution in [0.25, 0.3) is 0 Å². The van der Waals surface area contributed by atoms with Gasteiger partial charge in [-0.15, -0.1) is 0 Å². The van der Waals surface area contributed by atoms with Crippen LogP contribution < -0.4 is 4.74 Å². The Labute approximate surface area is 178 Å². The molecule has 154 valence electrons. The second-order valence-corrected chi connectivity index (χ2v) is 11.3. The van der Waals surface area contributed by atoms with Crippen LogP contribution in [0.15, 0.2) is 18.2 Å². The van der Waals surface area contributed by atoms with Gasteiger partial charge in [0.05, 0.1) is 19.8 Å². The molecule has 2 bridgehead atoms. The van der Waals surface area contributed by atoms with E-state index in [1.807, 2.05) is 22.6 Å². The molecule has 0 heterocycles. The molecule has 7 nitrogen and oxygen atoms in total. The first-order valence-electron chi connectivity index (χ1n) is 9.12. The van der Waals surface area contributed by atoms with E-state index in [9.17, 15) is 22.6 Å². The van der Waals surface area contributed by atoms with Gasteiger partial charge >= 0.3 is 11.9 Å². The van der Waals surface area contributed by atoms with Crippen LogP contribution in [-0.4, -0.2) is 36.3 Å². The van der Waals surface area contributed by atoms with E-state index in [1.165, 1.54) is 32.4 Å². The van der Waals surface area contributed by atoms with Crippen molar-refractivity contribution in [3.8, 4) is 5.75 Å². The lowest BCUT2D eigenvalue weighted by Gasteiger charge is -2.27. The van der Waals surface area contributed by atoms with Crippen LogP contribution in [0, 0.1) is 21.3 Å². The Morgan fingerprint density at radius 1 is 1.25 bits per heavy atom. The van der Waals surface area contributed by atoms with Crippen molar-refractivity contribution < 1.29 is 32.0 Å². The molecule has 0 saturated heterocycles. The third kappa shape index (κ3) is 4.51. The summed E-state index contributed by atoms with van der Waals surface area (Å²) in [5.74, 6) is 0.134. The first-order chi connectivity index (χ1) is 13.0. The van der Waals surface area contributed by atoms with Crippen LogP contribution in [0.2, 0.25) is 0 Å². The summed E-state index contributed by atoms with van der Waals surface area (Å²) in [5.41, 5.74) is 0.121. The zero-order valence-corrected chi connectivity index (χ0v) is 18.6. The lowest BCUT2D eigenvalue weighted by atomic mass is 9.89. The van der Waals surface area contributed by atoms with E-state index in [4.69, 9.17) is 9.47 Å². The minimum atomic E-state index is -4.62. The summed E-state index contributed by atoms with van der Waals surface area (Å²) < 4.78 is 43.1. The molecule has 1 aromatic carbocycles. The van der Waals surface area contributed by atoms with Crippen LogP contribution in [0.1, 0.15) is 49.9 Å². The number of carbonyl (C=O) groups excluding carboxylic acids is 2. The van der Waals surface area contributed by atoms with Gasteiger partial charge < -0.3 is 14.0 Å². The van der Waals surface area contributed by atoms with E-state index in [0.29, 0.717) is 15.4 Å². The number of esters is 2. The van der Waals surface area contributed by atoms with E-state index in [-0.39, 0.29) is 23.2 Å². The molecule has 0 aromatic heterocycles. The summed E-state index contributed by atoms with van der Waals surface area (Å²) in [4.78, 5) is 24.8. The minimum Gasteiger partial charge on any atom is -0.747 e. The van der Waals surface area contributed by atoms with Crippen molar-refractivity contribution in [1.29, 1.82) is 0 Å². The smallest absolute Gasteiger partial charge is 0.338 e. The molecule has 9 heteroatoms. The maximum absolute atomic E-state index is 12.6. The molecule has 2 aliphatic carbocycles. The molecule has 1 aromatic rings. The number of rotatable bonds is 6. The average molecular weight is 521 g/mol. The van der Waals surface area contributed by atoms with Crippen LogP contribution in [0.3, 0.4) is 0 Å². The lowest BCUT2D eigenvalue weighted by molar-refractivity contribution is -0.140. The Hall–Kier alpha value is -1.20. The fraction of sp³-hybridized carbons (Fsp3) is 0.579. The monoisotopic (exact) mass is 521 g/mol. The topological polar surface area (TPSA) is 110 Å². The van der Waals surface area contributed by atoms with Gasteiger partial charge in [0.1, 0.15) is 22.5 Å². The molecule has 0 aliphatic heterocycles. The number of ether oxygens (including phenoxy) is 2. The predicted octanol–water partition coefficient (Wildman–Crippen LogP) is 3.11. The second kappa shape index (κ2) is 7.91. The molecule has 3 atom stereocenters. The molecule has 0 amide bonds. The van der Waals surface area contributed by atoms with Crippen LogP contribution in [0.4, 0.5) is 0 Å². The van der Waals surface area contributed by atoms with Gasteiger partial charge in [-0.05, 0) is 85.7 Å². The van der Waals surface area contributed by atoms with Gasteiger partial charge in [0.15, 0.2) is 0 Å². The van der Waals surface area contributed by atoms with Gasteiger partial charge in [-0.2, -0.15) is 0 Å². The van der Waals surface area contributed by atoms with Crippen molar-refractivity contribution >= 4 is 44.6 Å². The normalized spacial score (nSPS) is 24.2. The fourth-order valence-corrected chi connectivity index (χ4v) is 4.47. The quantitative estimate of drug-likeness (QED) is 0.245. The third-order valence-corrected chi connectivity index (χ3v) is 8.01. The van der Waals surface area contributed by atoms with Crippen molar-refractivity contribution in [2.45, 2.75) is 44.3 Å². The Morgan fingerprint density at radius 3 is 2.54 bits per heavy atom. The summed E-state index contributed by atoms with van der Waals surface area (Å²) in [6.45, 7) is 1.82. The molecular formula is C19H22IO7S-. The highest BCUT2D eigenvalue weighted by molar-refractivity contribution is 14.1. The number of halogens is 1. The zero-order chi connectivity index (χ0) is 20.7. The molecule has 0 spiro atoms. The number of hydrogen-bond donors (Lipinski definition) is 0. The maximum atomic E-state index is 12.6. The summed E-state index contributed by atoms with van der Waals surface area (Å²) >= 11 is 2.02. The summed E-state index contributed by atoms with van der Waals surface area (Å²) in [6, 6.07) is 4.53. The average Bonchev–Trinajstić information content (AvgIpc) is 3.24. The molecule has 2 fully saturated rings. The molecule has 3 rings (SSSR count). The maximum Gasteiger partial charge on any atom is 0.338 e. The molecule has 2 aliphatic rings. The lowest BCUT2D eigenvalue weighted by Crippen LogP contribution is -2.37. The van der Waals surface area contributed by atoms with E-state index in [2.05, 4.69) is 0 Å². The first-order valence-corrected chi connectivity index (χ1v) is 11.6. The number of hydrogen-bond acceptors (Lipinski definition) is 7. The van der Waals surface area contributed by atoms with E-state index >= 15 is 0 Å². The third-order valence-electron chi connectivity index (χ3n) is 5.65. The van der Waals surface area contributed by atoms with E-state index < -0.39 is 27.4 Å². The van der Waals surface area contributed by atoms with Crippen LogP contribution in [-0.2, 0) is 19.6 Å². The minimum absolute atomic E-state index is 0.0896. The summed E-state index contributed by atoms with van der Waals surface area (Å²) in [5, 5.41) is 0. The van der Waals surface area contributed by atoms with Crippen molar-refractivity contribution in [3.05, 3.63) is 27.3 Å². The SMILES string of the molecule is CC(C)(COC(=O)c1ccc(I)c(OC(=O)C2CC3CCC2C3)c1)S(=O)(=O)[O-]. The van der Waals surface area contributed by atoms with Gasteiger partial charge in [0, 0.05) is 0 Å². The molecule has 0 radical (unpaired) electrons. The fourth-order valence-electron chi connectivity index (χ4n) is 3.82. The predicted molar refractivity (Wildman–Crippen MR) is 108 cm³/mol. The van der Waals surface area contributed by atoms with E-state index in [1.54, 1.807) is 6.07 Å². The van der Waals surface area contributed by atoms with Crippen molar-refractivity contribution in [2.75, 3.05) is 6.61 Å². The largest absolute Gasteiger partial charge is 0.747 e. The molecule has 2 saturated carbocycles. The molecule has 3 unspecified atom stereocenters. The van der Waals surface area contributed by atoms with Crippen molar-refractivity contribution in [3.63, 3.8) is 0 Å². The Kier molecular flexibility index (Phi) is 6.07. The van der Waals surface area contributed by atoms with Gasteiger partial charge in [-0.1, -0.05) is 6.42 Å². The van der Waals surface area contributed by atoms with Crippen LogP contribution in [0.5, 0.6) is 5.75 Å². The summed E-state index contributed by atoms with van der Waals surface area (Å²) in [6.07, 6.45) is 4.19. The van der Waals surface area contributed by atoms with Crippen LogP contribution >= 0.6 is 22.6 Å². The molecule has 28 heavy (non-hydrogen) atoms. The first kappa shape index (κ1) is 21.5. The Morgan fingerprint density at radius 2 is 1.96 bits per heavy atom. The molecule has 0 N–H and O–H groups in total. The zero-order valence-electron chi connectivity index (χ0n) is 15.6. The Bertz CT molecular complexity index is 894. The number of benzene rings is 1. The second-order valence-electron chi connectivity index (χ2n) is 8.14. The standard InChI is InChI=1S/C19H23IO7S/c1-19(2,28(23,24)25)10-26-17(21)13-5-6-15(20)16(9-13)27-18(22)14-8-11-3-4-12(14)7-11/h5-6,9,11-12,14H,3-4,7-8,10H2,1-2H3,(H,23,24,25)/p-1. The van der Waals surface area contributed by atoms with Gasteiger partial charge in [-0.3, -0.25) is 4.79 Å². The highest BCUT2D eigenvalue weighted by Crippen LogP contribution is 2.48. The van der Waals surface area contributed by atoms with Gasteiger partial charge in [0.2, 0.25) is 0 Å². The highest BCUT2D eigenvalue weighted by Gasteiger charge is 2.44. The van der Waals surface area contributed by atoms with Gasteiger partial charge in [-0.25, -0.2) is 13.2 Å². The molecular weight excluding hydrogens is 499 g/mol. The van der Waals surface area contributed by atoms with Crippen molar-refractivity contribution in [2.24, 2.45) is 17.8 Å². The summed E-state index contributed by atoms with van der Waals surface area (Å²) in [7, 11) is -4.62. The van der Waals surface area contributed by atoms with E-state index in [0.717, 1.165) is 19.3 Å². The van der Waals surface area contributed by atoms with Crippen molar-refractivity contribution in [1.82, 2.24) is 0 Å². The number of fused-ring (bicyclic) bond motifs is 2. The number of carbonyl (C=O) groups is 2. The van der Waals surface area contributed by atoms with Gasteiger partial charge in [0.25, 0.3) is 0 Å². The Balaban J connectivity index is 1.67.